The Labute approximate surface area is 151 Å². The summed E-state index contributed by atoms with van der Waals surface area (Å²) in [6, 6.07) is 0.392. The summed E-state index contributed by atoms with van der Waals surface area (Å²) in [4.78, 5) is 6.61. The predicted molar refractivity (Wildman–Crippen MR) is 100 cm³/mol. The molecule has 7 heteroatoms. The van der Waals surface area contributed by atoms with Gasteiger partial charge in [0.2, 0.25) is 0 Å². The molecule has 1 aliphatic carbocycles. The Bertz CT molecular complexity index is 379. The fraction of sp³-hybridized carbons (Fsp3) is 0.933. The molecule has 130 valence electrons. The minimum Gasteiger partial charge on any atom is -0.381 e. The molecule has 2 N–H and O–H groups in total. The first kappa shape index (κ1) is 19.9. The van der Waals surface area contributed by atoms with Crippen LogP contribution >= 0.6 is 24.0 Å². The molecule has 3 atom stereocenters. The van der Waals surface area contributed by atoms with Crippen molar-refractivity contribution in [3.05, 3.63) is 0 Å². The number of ether oxygens (including phenoxy) is 2. The van der Waals surface area contributed by atoms with Gasteiger partial charge in [-0.25, -0.2) is 0 Å². The van der Waals surface area contributed by atoms with E-state index in [2.05, 4.69) is 41.4 Å². The maximum atomic E-state index is 5.76. The Morgan fingerprint density at radius 3 is 2.73 bits per heavy atom. The van der Waals surface area contributed by atoms with Gasteiger partial charge >= 0.3 is 0 Å². The molecule has 2 rings (SSSR count). The summed E-state index contributed by atoms with van der Waals surface area (Å²) in [5, 5.41) is 6.87. The molecule has 6 nitrogen and oxygen atoms in total. The number of aliphatic imine (C=N–C) groups is 1. The van der Waals surface area contributed by atoms with Gasteiger partial charge in [0.1, 0.15) is 0 Å². The predicted octanol–water partition coefficient (Wildman–Crippen LogP) is 0.914. The Balaban J connectivity index is 0.00000242. The van der Waals surface area contributed by atoms with Crippen LogP contribution in [0.2, 0.25) is 0 Å². The summed E-state index contributed by atoms with van der Waals surface area (Å²) in [7, 11) is 5.72. The van der Waals surface area contributed by atoms with Crippen LogP contribution in [-0.2, 0) is 9.47 Å². The van der Waals surface area contributed by atoms with E-state index in [0.717, 1.165) is 38.6 Å². The molecule has 22 heavy (non-hydrogen) atoms. The molecule has 0 radical (unpaired) electrons. The van der Waals surface area contributed by atoms with E-state index in [1.54, 1.807) is 7.11 Å². The lowest BCUT2D eigenvalue weighted by molar-refractivity contribution is -0.0923. The van der Waals surface area contributed by atoms with Crippen LogP contribution in [0.15, 0.2) is 4.99 Å². The third-order valence-electron chi connectivity index (χ3n) is 4.84. The van der Waals surface area contributed by atoms with Crippen molar-refractivity contribution in [2.24, 2.45) is 10.4 Å². The monoisotopic (exact) mass is 426 g/mol. The highest BCUT2D eigenvalue weighted by Crippen LogP contribution is 2.42. The van der Waals surface area contributed by atoms with Crippen molar-refractivity contribution >= 4 is 29.9 Å². The highest BCUT2D eigenvalue weighted by Gasteiger charge is 2.48. The summed E-state index contributed by atoms with van der Waals surface area (Å²) < 4.78 is 11.2. The Hall–Kier alpha value is -0.120. The third-order valence-corrected chi connectivity index (χ3v) is 4.84. The molecule has 0 aromatic rings. The lowest BCUT2D eigenvalue weighted by Crippen LogP contribution is -2.63. The highest BCUT2D eigenvalue weighted by atomic mass is 127. The van der Waals surface area contributed by atoms with Gasteiger partial charge in [-0.05, 0) is 13.5 Å². The molecular formula is C15H31IN4O2. The number of methoxy groups -OCH3 is 1. The third kappa shape index (κ3) is 4.69. The van der Waals surface area contributed by atoms with E-state index in [1.807, 2.05) is 7.05 Å². The van der Waals surface area contributed by atoms with Crippen molar-refractivity contribution < 1.29 is 9.47 Å². The minimum absolute atomic E-state index is 0. The van der Waals surface area contributed by atoms with Crippen molar-refractivity contribution in [2.75, 3.05) is 47.4 Å². The second-order valence-electron chi connectivity index (χ2n) is 6.69. The summed E-state index contributed by atoms with van der Waals surface area (Å²) >= 11 is 0. The van der Waals surface area contributed by atoms with E-state index in [1.165, 1.54) is 0 Å². The Morgan fingerprint density at radius 1 is 1.45 bits per heavy atom. The Morgan fingerprint density at radius 2 is 2.18 bits per heavy atom. The second kappa shape index (κ2) is 8.65. The normalized spacial score (nSPS) is 31.9. The van der Waals surface area contributed by atoms with E-state index in [-0.39, 0.29) is 35.5 Å². The molecule has 3 unspecified atom stereocenters. The molecule has 2 fully saturated rings. The van der Waals surface area contributed by atoms with Crippen LogP contribution in [0.25, 0.3) is 0 Å². The van der Waals surface area contributed by atoms with Crippen molar-refractivity contribution in [1.82, 2.24) is 15.5 Å². The van der Waals surface area contributed by atoms with Crippen LogP contribution in [-0.4, -0.2) is 76.6 Å². The van der Waals surface area contributed by atoms with Gasteiger partial charge in [0, 0.05) is 45.2 Å². The quantitative estimate of drug-likeness (QED) is 0.398. The molecule has 1 saturated carbocycles. The van der Waals surface area contributed by atoms with E-state index in [4.69, 9.17) is 9.47 Å². The number of hydrogen-bond acceptors (Lipinski definition) is 4. The fourth-order valence-electron chi connectivity index (χ4n) is 3.09. The first-order valence-electron chi connectivity index (χ1n) is 7.77. The molecule has 1 aliphatic heterocycles. The maximum absolute atomic E-state index is 5.76. The number of nitrogens with zero attached hydrogens (tertiary/aromatic N) is 2. The van der Waals surface area contributed by atoms with Crippen LogP contribution in [0.5, 0.6) is 0 Å². The maximum Gasteiger partial charge on any atom is 0.191 e. The lowest BCUT2D eigenvalue weighted by Gasteiger charge is -2.51. The minimum atomic E-state index is 0. The molecule has 2 aliphatic rings. The van der Waals surface area contributed by atoms with Crippen LogP contribution < -0.4 is 10.6 Å². The Kier molecular flexibility index (Phi) is 7.84. The van der Waals surface area contributed by atoms with Gasteiger partial charge in [0.15, 0.2) is 5.96 Å². The summed E-state index contributed by atoms with van der Waals surface area (Å²) in [6.45, 7) is 8.03. The molecule has 1 saturated heterocycles. The topological polar surface area (TPSA) is 58.1 Å². The number of rotatable bonds is 4. The van der Waals surface area contributed by atoms with Gasteiger partial charge in [-0.2, -0.15) is 0 Å². The molecule has 1 heterocycles. The number of halogens is 1. The van der Waals surface area contributed by atoms with E-state index < -0.39 is 0 Å². The first-order chi connectivity index (χ1) is 9.97. The highest BCUT2D eigenvalue weighted by molar-refractivity contribution is 14.0. The SMILES string of the molecule is CN=C(NCC1CN(C)CCO1)NC1CC(OC)C1(C)C.I. The molecule has 0 aromatic carbocycles. The zero-order valence-corrected chi connectivity index (χ0v) is 16.7. The average Bonchev–Trinajstić information content (AvgIpc) is 2.46. The van der Waals surface area contributed by atoms with Gasteiger partial charge in [-0.15, -0.1) is 24.0 Å². The van der Waals surface area contributed by atoms with E-state index in [0.29, 0.717) is 12.1 Å². The van der Waals surface area contributed by atoms with Crippen LogP contribution in [0.3, 0.4) is 0 Å². The van der Waals surface area contributed by atoms with Gasteiger partial charge < -0.3 is 25.0 Å². The van der Waals surface area contributed by atoms with Crippen molar-refractivity contribution in [3.63, 3.8) is 0 Å². The fourth-order valence-corrected chi connectivity index (χ4v) is 3.09. The van der Waals surface area contributed by atoms with Gasteiger partial charge in [-0.3, -0.25) is 4.99 Å². The van der Waals surface area contributed by atoms with Gasteiger partial charge in [-0.1, -0.05) is 13.8 Å². The number of morpholine rings is 1. The summed E-state index contributed by atoms with van der Waals surface area (Å²) in [6.07, 6.45) is 1.57. The number of guanidine groups is 1. The lowest BCUT2D eigenvalue weighted by atomic mass is 9.64. The first-order valence-corrected chi connectivity index (χ1v) is 7.77. The van der Waals surface area contributed by atoms with Crippen molar-refractivity contribution in [1.29, 1.82) is 0 Å². The smallest absolute Gasteiger partial charge is 0.191 e. The summed E-state index contributed by atoms with van der Waals surface area (Å²) in [5.74, 6) is 0.847. The van der Waals surface area contributed by atoms with Crippen LogP contribution in [0.1, 0.15) is 20.3 Å². The number of hydrogen-bond donors (Lipinski definition) is 2. The van der Waals surface area contributed by atoms with Crippen molar-refractivity contribution in [3.8, 4) is 0 Å². The molecule has 0 bridgehead atoms. The average molecular weight is 426 g/mol. The van der Waals surface area contributed by atoms with Gasteiger partial charge in [0.25, 0.3) is 0 Å². The van der Waals surface area contributed by atoms with E-state index in [9.17, 15) is 0 Å². The number of likely N-dealkylation sites (N-methyl/N-ethyl adjacent to an activating group) is 1. The standard InChI is InChI=1S/C15H30N4O2.HI/c1-15(2)12(8-13(15)20-5)18-14(16-3)17-9-11-10-19(4)6-7-21-11;/h11-13H,6-10H2,1-5H3,(H2,16,17,18);1H. The molecule has 0 aromatic heterocycles. The van der Waals surface area contributed by atoms with Crippen molar-refractivity contribution in [2.45, 2.75) is 38.5 Å². The zero-order valence-electron chi connectivity index (χ0n) is 14.4. The van der Waals surface area contributed by atoms with Gasteiger partial charge in [0.05, 0.1) is 18.8 Å². The summed E-state index contributed by atoms with van der Waals surface area (Å²) in [5.41, 5.74) is 0.133. The largest absolute Gasteiger partial charge is 0.381 e. The van der Waals surface area contributed by atoms with E-state index >= 15 is 0 Å². The number of nitrogens with one attached hydrogen (secondary N) is 2. The van der Waals surface area contributed by atoms with Crippen LogP contribution in [0, 0.1) is 5.41 Å². The second-order valence-corrected chi connectivity index (χ2v) is 6.69. The molecule has 0 spiro atoms. The molecule has 0 amide bonds. The van der Waals surface area contributed by atoms with Crippen LogP contribution in [0.4, 0.5) is 0 Å². The zero-order chi connectivity index (χ0) is 15.5. The molecular weight excluding hydrogens is 395 g/mol.